The molecule has 1 rings (SSSR count). The molecule has 0 saturated carbocycles. The molecule has 1 unspecified atom stereocenters. The fraction of sp³-hybridized carbons (Fsp3) is 0.583. The van der Waals surface area contributed by atoms with E-state index in [9.17, 15) is 19.5 Å². The highest BCUT2D eigenvalue weighted by molar-refractivity contribution is 6.13. The molecule has 5 heteroatoms. The van der Waals surface area contributed by atoms with Crippen molar-refractivity contribution in [3.05, 3.63) is 12.2 Å². The molecule has 2 amide bonds. The third-order valence-electron chi connectivity index (χ3n) is 2.74. The predicted octanol–water partition coefficient (Wildman–Crippen LogP) is 0.422. The van der Waals surface area contributed by atoms with E-state index in [0.717, 1.165) is 4.90 Å². The van der Waals surface area contributed by atoms with E-state index in [4.69, 9.17) is 0 Å². The van der Waals surface area contributed by atoms with Crippen LogP contribution in [0.2, 0.25) is 0 Å². The summed E-state index contributed by atoms with van der Waals surface area (Å²) >= 11 is 0. The topological polar surface area (TPSA) is 74.7 Å². The minimum absolute atomic E-state index is 0.0370. The molecule has 1 N–H and O–H groups in total. The van der Waals surface area contributed by atoms with Crippen molar-refractivity contribution in [1.82, 2.24) is 4.90 Å². The zero-order chi connectivity index (χ0) is 12.8. The van der Waals surface area contributed by atoms with Crippen LogP contribution in [0.5, 0.6) is 0 Å². The minimum atomic E-state index is -0.448. The van der Waals surface area contributed by atoms with Gasteiger partial charge in [0.05, 0.1) is 6.10 Å². The highest BCUT2D eigenvalue weighted by Gasteiger charge is 2.23. The smallest absolute Gasteiger partial charge is 0.253 e. The first-order valence-electron chi connectivity index (χ1n) is 5.78. The van der Waals surface area contributed by atoms with Gasteiger partial charge in [-0.1, -0.05) is 6.92 Å². The summed E-state index contributed by atoms with van der Waals surface area (Å²) in [6, 6.07) is 0. The molecule has 0 aromatic heterocycles. The van der Waals surface area contributed by atoms with Gasteiger partial charge in [0.2, 0.25) is 0 Å². The number of imide groups is 1. The maximum Gasteiger partial charge on any atom is 0.253 e. The molecule has 0 aromatic rings. The Balaban J connectivity index is 2.24. The number of carbonyl (C=O) groups excluding carboxylic acids is 3. The Bertz CT molecular complexity index is 330. The molecule has 1 aliphatic rings. The molecule has 1 atom stereocenters. The average Bonchev–Trinajstić information content (AvgIpc) is 2.63. The van der Waals surface area contributed by atoms with Gasteiger partial charge in [0.1, 0.15) is 5.78 Å². The van der Waals surface area contributed by atoms with Gasteiger partial charge >= 0.3 is 0 Å². The van der Waals surface area contributed by atoms with Crippen LogP contribution in [0.3, 0.4) is 0 Å². The molecule has 5 nitrogen and oxygen atoms in total. The second kappa shape index (κ2) is 6.30. The molecule has 0 aromatic carbocycles. The van der Waals surface area contributed by atoms with Gasteiger partial charge in [-0.05, 0) is 12.8 Å². The summed E-state index contributed by atoms with van der Waals surface area (Å²) in [6.45, 7) is 1.98. The fourth-order valence-electron chi connectivity index (χ4n) is 1.54. The van der Waals surface area contributed by atoms with E-state index in [0.29, 0.717) is 19.3 Å². The summed E-state index contributed by atoms with van der Waals surface area (Å²) in [7, 11) is 0. The summed E-state index contributed by atoms with van der Waals surface area (Å²) in [4.78, 5) is 34.9. The first-order valence-corrected chi connectivity index (χ1v) is 5.78. The van der Waals surface area contributed by atoms with Gasteiger partial charge in [-0.2, -0.15) is 0 Å². The summed E-state index contributed by atoms with van der Waals surface area (Å²) in [5.41, 5.74) is 0. The SMILES string of the molecule is CCC(O)CCC(=O)CCN1C(=O)C=CC1=O. The van der Waals surface area contributed by atoms with Crippen molar-refractivity contribution < 1.29 is 19.5 Å². The molecule has 0 fully saturated rings. The van der Waals surface area contributed by atoms with Crippen LogP contribution in [0.4, 0.5) is 0 Å². The van der Waals surface area contributed by atoms with Crippen LogP contribution in [0.15, 0.2) is 12.2 Å². The zero-order valence-corrected chi connectivity index (χ0v) is 9.89. The predicted molar refractivity (Wildman–Crippen MR) is 61.0 cm³/mol. The monoisotopic (exact) mass is 239 g/mol. The first-order chi connectivity index (χ1) is 8.04. The Kier molecular flexibility index (Phi) is 5.03. The van der Waals surface area contributed by atoms with Crippen LogP contribution in [0.1, 0.15) is 32.6 Å². The maximum atomic E-state index is 11.5. The summed E-state index contributed by atoms with van der Waals surface area (Å²) in [5, 5.41) is 9.29. The van der Waals surface area contributed by atoms with E-state index in [-0.39, 0.29) is 30.6 Å². The number of hydrogen-bond donors (Lipinski definition) is 1. The van der Waals surface area contributed by atoms with Crippen molar-refractivity contribution in [3.8, 4) is 0 Å². The molecule has 94 valence electrons. The van der Waals surface area contributed by atoms with Gasteiger partial charge in [-0.25, -0.2) is 0 Å². The molecule has 1 heterocycles. The quantitative estimate of drug-likeness (QED) is 0.653. The van der Waals surface area contributed by atoms with E-state index >= 15 is 0 Å². The number of carbonyl (C=O) groups is 3. The van der Waals surface area contributed by atoms with E-state index < -0.39 is 6.10 Å². The number of rotatable bonds is 7. The normalized spacial score (nSPS) is 16.7. The lowest BCUT2D eigenvalue weighted by molar-refractivity contribution is -0.137. The maximum absolute atomic E-state index is 11.5. The van der Waals surface area contributed by atoms with Crippen LogP contribution < -0.4 is 0 Å². The Morgan fingerprint density at radius 1 is 1.29 bits per heavy atom. The Morgan fingerprint density at radius 3 is 2.41 bits per heavy atom. The zero-order valence-electron chi connectivity index (χ0n) is 9.89. The number of aliphatic hydroxyl groups excluding tert-OH is 1. The number of nitrogens with zero attached hydrogens (tertiary/aromatic N) is 1. The van der Waals surface area contributed by atoms with Crippen LogP contribution in [0, 0.1) is 0 Å². The van der Waals surface area contributed by atoms with E-state index in [1.165, 1.54) is 12.2 Å². The largest absolute Gasteiger partial charge is 0.393 e. The molecule has 0 bridgehead atoms. The number of aliphatic hydroxyl groups is 1. The molecule has 0 radical (unpaired) electrons. The second-order valence-electron chi connectivity index (χ2n) is 4.05. The lowest BCUT2D eigenvalue weighted by Gasteiger charge is -2.13. The lowest BCUT2D eigenvalue weighted by atomic mass is 10.1. The first kappa shape index (κ1) is 13.6. The number of hydrogen-bond acceptors (Lipinski definition) is 4. The van der Waals surface area contributed by atoms with Gasteiger partial charge in [0.15, 0.2) is 0 Å². The second-order valence-corrected chi connectivity index (χ2v) is 4.05. The molecule has 0 spiro atoms. The molecule has 17 heavy (non-hydrogen) atoms. The van der Waals surface area contributed by atoms with Crippen molar-refractivity contribution in [2.24, 2.45) is 0 Å². The van der Waals surface area contributed by atoms with Gasteiger partial charge in [-0.15, -0.1) is 0 Å². The highest BCUT2D eigenvalue weighted by atomic mass is 16.3. The Hall–Kier alpha value is -1.49. The fourth-order valence-corrected chi connectivity index (χ4v) is 1.54. The summed E-state index contributed by atoms with van der Waals surface area (Å²) in [5.74, 6) is -0.766. The molecule has 0 saturated heterocycles. The van der Waals surface area contributed by atoms with E-state index in [1.54, 1.807) is 0 Å². The molecule has 1 aliphatic heterocycles. The summed E-state index contributed by atoms with van der Waals surface area (Å²) in [6.07, 6.45) is 3.47. The van der Waals surface area contributed by atoms with Crippen LogP contribution in [0.25, 0.3) is 0 Å². The van der Waals surface area contributed by atoms with Crippen molar-refractivity contribution in [1.29, 1.82) is 0 Å². The van der Waals surface area contributed by atoms with Crippen LogP contribution >= 0.6 is 0 Å². The lowest BCUT2D eigenvalue weighted by Crippen LogP contribution is -2.32. The van der Waals surface area contributed by atoms with E-state index in [1.807, 2.05) is 6.92 Å². The Morgan fingerprint density at radius 2 is 1.88 bits per heavy atom. The van der Waals surface area contributed by atoms with Gasteiger partial charge in [0, 0.05) is 31.5 Å². The van der Waals surface area contributed by atoms with Crippen molar-refractivity contribution in [3.63, 3.8) is 0 Å². The van der Waals surface area contributed by atoms with Crippen molar-refractivity contribution in [2.45, 2.75) is 38.7 Å². The van der Waals surface area contributed by atoms with Gasteiger partial charge in [0.25, 0.3) is 11.8 Å². The van der Waals surface area contributed by atoms with Gasteiger partial charge in [-0.3, -0.25) is 19.3 Å². The standard InChI is InChI=1S/C12H17NO4/c1-2-9(14)3-4-10(15)7-8-13-11(16)5-6-12(13)17/h5-6,9,14H,2-4,7-8H2,1H3. The molecule has 0 aliphatic carbocycles. The number of ketones is 1. The third-order valence-corrected chi connectivity index (χ3v) is 2.74. The van der Waals surface area contributed by atoms with E-state index in [2.05, 4.69) is 0 Å². The van der Waals surface area contributed by atoms with Crippen LogP contribution in [-0.2, 0) is 14.4 Å². The summed E-state index contributed by atoms with van der Waals surface area (Å²) < 4.78 is 0. The third kappa shape index (κ3) is 4.11. The minimum Gasteiger partial charge on any atom is -0.393 e. The van der Waals surface area contributed by atoms with Crippen molar-refractivity contribution >= 4 is 17.6 Å². The molecular formula is C12H17NO4. The Labute approximate surface area is 100 Å². The van der Waals surface area contributed by atoms with Crippen molar-refractivity contribution in [2.75, 3.05) is 6.54 Å². The average molecular weight is 239 g/mol. The number of amides is 2. The highest BCUT2D eigenvalue weighted by Crippen LogP contribution is 2.07. The number of Topliss-reactive ketones (excluding diaryl/α,β-unsaturated/α-hetero) is 1. The molecular weight excluding hydrogens is 222 g/mol. The van der Waals surface area contributed by atoms with Gasteiger partial charge < -0.3 is 5.11 Å². The van der Waals surface area contributed by atoms with Crippen LogP contribution in [-0.4, -0.2) is 40.3 Å².